The normalized spacial score (nSPS) is 14.5. The Morgan fingerprint density at radius 3 is 2.63 bits per heavy atom. The van der Waals surface area contributed by atoms with E-state index in [-0.39, 0.29) is 11.8 Å². The minimum Gasteiger partial charge on any atom is -0.497 e. The van der Waals surface area contributed by atoms with Gasteiger partial charge in [0, 0.05) is 23.9 Å². The fourth-order valence-corrected chi connectivity index (χ4v) is 5.58. The Hall–Kier alpha value is -3.01. The van der Waals surface area contributed by atoms with Gasteiger partial charge in [0.1, 0.15) is 10.1 Å². The number of aromatic nitrogens is 1. The lowest BCUT2D eigenvalue weighted by Crippen LogP contribution is -2.29. The number of ether oxygens (including phenoxy) is 1. The van der Waals surface area contributed by atoms with E-state index < -0.39 is 0 Å². The van der Waals surface area contributed by atoms with Gasteiger partial charge in [-0.15, -0.1) is 11.3 Å². The zero-order valence-electron chi connectivity index (χ0n) is 19.2. The van der Waals surface area contributed by atoms with Gasteiger partial charge in [0.05, 0.1) is 17.7 Å². The van der Waals surface area contributed by atoms with Crippen molar-refractivity contribution in [2.24, 2.45) is 0 Å². The number of thioether (sulfide) groups is 1. The molecular weight excluding hydrogens is 499 g/mol. The average molecular weight is 524 g/mol. The number of thiazole rings is 1. The third kappa shape index (κ3) is 6.78. The highest BCUT2D eigenvalue weighted by Gasteiger charge is 2.31. The molecular formula is C26H25N3O3S3. The minimum atomic E-state index is -0.0634. The number of amides is 2. The topological polar surface area (TPSA) is 71.5 Å². The van der Waals surface area contributed by atoms with Gasteiger partial charge < -0.3 is 10.1 Å². The Labute approximate surface area is 218 Å². The van der Waals surface area contributed by atoms with Gasteiger partial charge in [-0.2, -0.15) is 0 Å². The molecule has 6 nitrogen and oxygen atoms in total. The third-order valence-corrected chi connectivity index (χ3v) is 7.53. The molecule has 0 radical (unpaired) electrons. The van der Waals surface area contributed by atoms with E-state index in [0.717, 1.165) is 41.8 Å². The Morgan fingerprint density at radius 2 is 1.89 bits per heavy atom. The molecule has 2 amide bonds. The van der Waals surface area contributed by atoms with Gasteiger partial charge in [0.15, 0.2) is 5.13 Å². The van der Waals surface area contributed by atoms with Gasteiger partial charge in [-0.3, -0.25) is 14.5 Å². The van der Waals surface area contributed by atoms with E-state index in [1.807, 2.05) is 66.1 Å². The number of rotatable bonds is 10. The van der Waals surface area contributed by atoms with Crippen molar-refractivity contribution in [1.82, 2.24) is 9.88 Å². The van der Waals surface area contributed by atoms with Crippen LogP contribution in [0.3, 0.4) is 0 Å². The van der Waals surface area contributed by atoms with Gasteiger partial charge in [0.2, 0.25) is 5.91 Å². The second-order valence-electron chi connectivity index (χ2n) is 7.87. The number of carbonyl (C=O) groups is 2. The lowest BCUT2D eigenvalue weighted by atomic mass is 10.1. The second-order valence-corrected chi connectivity index (χ2v) is 10.4. The van der Waals surface area contributed by atoms with Gasteiger partial charge in [-0.05, 0) is 36.6 Å². The van der Waals surface area contributed by atoms with E-state index in [1.165, 1.54) is 23.1 Å². The number of nitrogens with one attached hydrogen (secondary N) is 1. The first kappa shape index (κ1) is 25.1. The van der Waals surface area contributed by atoms with Gasteiger partial charge in [-0.25, -0.2) is 4.98 Å². The van der Waals surface area contributed by atoms with E-state index in [0.29, 0.717) is 27.3 Å². The lowest BCUT2D eigenvalue weighted by molar-refractivity contribution is -0.122. The van der Waals surface area contributed by atoms with Crippen LogP contribution >= 0.6 is 35.3 Å². The first-order valence-corrected chi connectivity index (χ1v) is 13.3. The number of hydrogen-bond donors (Lipinski definition) is 1. The van der Waals surface area contributed by atoms with Crippen molar-refractivity contribution in [2.45, 2.75) is 25.7 Å². The summed E-state index contributed by atoms with van der Waals surface area (Å²) in [6.45, 7) is 0.555. The molecule has 1 N–H and O–H groups in total. The van der Waals surface area contributed by atoms with Gasteiger partial charge in [-0.1, -0.05) is 72.9 Å². The largest absolute Gasteiger partial charge is 0.497 e. The molecule has 1 saturated heterocycles. The summed E-state index contributed by atoms with van der Waals surface area (Å²) in [5.74, 6) is 0.658. The van der Waals surface area contributed by atoms with Crippen LogP contribution < -0.4 is 10.1 Å². The molecule has 35 heavy (non-hydrogen) atoms. The molecule has 9 heteroatoms. The fourth-order valence-electron chi connectivity index (χ4n) is 3.53. The molecule has 2 aromatic carbocycles. The van der Waals surface area contributed by atoms with Gasteiger partial charge in [0.25, 0.3) is 5.91 Å². The Bertz CT molecular complexity index is 1220. The van der Waals surface area contributed by atoms with Crippen LogP contribution in [-0.2, 0) is 9.59 Å². The molecule has 1 fully saturated rings. The van der Waals surface area contributed by atoms with Crippen molar-refractivity contribution in [3.63, 3.8) is 0 Å². The van der Waals surface area contributed by atoms with E-state index in [4.69, 9.17) is 17.0 Å². The standard InChI is InChI=1S/C26H25N3O3S3/c1-32-20-13-11-18(12-14-20)16-22-24(31)29(26(33)35-22)15-7-3-6-10-23(30)28-25-27-21(17-34-25)19-8-4-2-5-9-19/h2,4-5,8-9,11-14,16-17H,3,6-7,10,15H2,1H3,(H,27,28,30). The van der Waals surface area contributed by atoms with E-state index in [1.54, 1.807) is 12.0 Å². The number of unbranched alkanes of at least 4 members (excludes halogenated alkanes) is 2. The van der Waals surface area contributed by atoms with Crippen LogP contribution in [0.15, 0.2) is 64.9 Å². The van der Waals surface area contributed by atoms with Gasteiger partial charge >= 0.3 is 0 Å². The van der Waals surface area contributed by atoms with Crippen LogP contribution in [0.5, 0.6) is 5.75 Å². The van der Waals surface area contributed by atoms with Crippen LogP contribution in [0.2, 0.25) is 0 Å². The first-order chi connectivity index (χ1) is 17.0. The van der Waals surface area contributed by atoms with Crippen molar-refractivity contribution >= 4 is 62.7 Å². The quantitative estimate of drug-likeness (QED) is 0.193. The molecule has 4 rings (SSSR count). The molecule has 0 bridgehead atoms. The highest BCUT2D eigenvalue weighted by atomic mass is 32.2. The molecule has 0 unspecified atom stereocenters. The summed E-state index contributed by atoms with van der Waals surface area (Å²) in [5, 5.41) is 5.43. The predicted octanol–water partition coefficient (Wildman–Crippen LogP) is 6.22. The maximum Gasteiger partial charge on any atom is 0.266 e. The average Bonchev–Trinajstić information content (AvgIpc) is 3.44. The summed E-state index contributed by atoms with van der Waals surface area (Å²) >= 11 is 8.16. The molecule has 0 atom stereocenters. The molecule has 1 aromatic heterocycles. The zero-order valence-corrected chi connectivity index (χ0v) is 21.7. The van der Waals surface area contributed by atoms with E-state index in [2.05, 4.69) is 10.3 Å². The van der Waals surface area contributed by atoms with Crippen molar-refractivity contribution < 1.29 is 14.3 Å². The maximum absolute atomic E-state index is 12.8. The fraction of sp³-hybridized carbons (Fsp3) is 0.231. The number of anilines is 1. The van der Waals surface area contributed by atoms with Crippen LogP contribution in [0.4, 0.5) is 5.13 Å². The molecule has 3 aromatic rings. The number of thiocarbonyl (C=S) groups is 1. The minimum absolute atomic E-state index is 0.0491. The molecule has 2 heterocycles. The van der Waals surface area contributed by atoms with Crippen molar-refractivity contribution in [1.29, 1.82) is 0 Å². The van der Waals surface area contributed by atoms with Crippen LogP contribution in [0, 0.1) is 0 Å². The van der Waals surface area contributed by atoms with Crippen molar-refractivity contribution in [2.75, 3.05) is 19.0 Å². The highest BCUT2D eigenvalue weighted by Crippen LogP contribution is 2.33. The lowest BCUT2D eigenvalue weighted by Gasteiger charge is -2.14. The number of methoxy groups -OCH3 is 1. The smallest absolute Gasteiger partial charge is 0.266 e. The highest BCUT2D eigenvalue weighted by molar-refractivity contribution is 8.26. The SMILES string of the molecule is COc1ccc(C=C2SC(=S)N(CCCCCC(=O)Nc3nc(-c4ccccc4)cs3)C2=O)cc1. The summed E-state index contributed by atoms with van der Waals surface area (Å²) in [7, 11) is 1.62. The molecule has 0 saturated carbocycles. The summed E-state index contributed by atoms with van der Waals surface area (Å²) in [4.78, 5) is 31.8. The van der Waals surface area contributed by atoms with Crippen molar-refractivity contribution in [3.05, 3.63) is 70.4 Å². The maximum atomic E-state index is 12.8. The van der Waals surface area contributed by atoms with Crippen molar-refractivity contribution in [3.8, 4) is 17.0 Å². The van der Waals surface area contributed by atoms with Crippen LogP contribution in [0.25, 0.3) is 17.3 Å². The first-order valence-electron chi connectivity index (χ1n) is 11.2. The Balaban J connectivity index is 1.18. The zero-order chi connectivity index (χ0) is 24.6. The Kier molecular flexibility index (Phi) is 8.68. The van der Waals surface area contributed by atoms with E-state index in [9.17, 15) is 9.59 Å². The number of benzene rings is 2. The Morgan fingerprint density at radius 1 is 1.11 bits per heavy atom. The van der Waals surface area contributed by atoms with E-state index >= 15 is 0 Å². The number of nitrogens with zero attached hydrogens (tertiary/aromatic N) is 2. The molecule has 1 aliphatic rings. The summed E-state index contributed by atoms with van der Waals surface area (Å²) in [5.41, 5.74) is 2.81. The monoisotopic (exact) mass is 523 g/mol. The van der Waals surface area contributed by atoms with Crippen LogP contribution in [-0.4, -0.2) is 39.7 Å². The number of carbonyl (C=O) groups excluding carboxylic acids is 2. The molecule has 0 aliphatic carbocycles. The second kappa shape index (κ2) is 12.1. The molecule has 1 aliphatic heterocycles. The number of hydrogen-bond acceptors (Lipinski definition) is 7. The van der Waals surface area contributed by atoms with Crippen LogP contribution in [0.1, 0.15) is 31.2 Å². The summed E-state index contributed by atoms with van der Waals surface area (Å²) < 4.78 is 5.75. The predicted molar refractivity (Wildman–Crippen MR) is 148 cm³/mol. The third-order valence-electron chi connectivity index (χ3n) is 5.39. The summed E-state index contributed by atoms with van der Waals surface area (Å²) in [6.07, 6.45) is 4.61. The summed E-state index contributed by atoms with van der Waals surface area (Å²) in [6, 6.07) is 17.4. The molecule has 180 valence electrons. The molecule has 0 spiro atoms.